The minimum atomic E-state index is 0.443. The number of hydrogen-bond donors (Lipinski definition) is 1. The number of rotatable bonds is 12. The maximum atomic E-state index is 5.74. The number of methoxy groups -OCH3 is 1. The lowest BCUT2D eigenvalue weighted by atomic mass is 10.2. The van der Waals surface area contributed by atoms with Crippen molar-refractivity contribution in [3.63, 3.8) is 0 Å². The van der Waals surface area contributed by atoms with Crippen molar-refractivity contribution in [2.24, 2.45) is 5.73 Å². The van der Waals surface area contributed by atoms with Gasteiger partial charge in [-0.25, -0.2) is 0 Å². The van der Waals surface area contributed by atoms with Gasteiger partial charge < -0.3 is 24.7 Å². The standard InChI is InChI=1S/C16H27NO4/c1-3-7-20-15-6-5-14(13-17)16(12-15)21-11-10-19-9-4-8-18-2/h5-6,12H,3-4,7-11,13,17H2,1-2H3. The Balaban J connectivity index is 2.37. The van der Waals surface area contributed by atoms with Gasteiger partial charge in [0.15, 0.2) is 0 Å². The third-order valence-corrected chi connectivity index (χ3v) is 2.85. The molecule has 0 aliphatic rings. The van der Waals surface area contributed by atoms with Crippen LogP contribution in [0.2, 0.25) is 0 Å². The second kappa shape index (κ2) is 11.4. The molecule has 0 bridgehead atoms. The van der Waals surface area contributed by atoms with E-state index in [0.29, 0.717) is 33.0 Å². The van der Waals surface area contributed by atoms with E-state index in [4.69, 9.17) is 24.7 Å². The summed E-state index contributed by atoms with van der Waals surface area (Å²) in [6.45, 7) is 5.66. The third kappa shape index (κ3) is 7.32. The zero-order valence-electron chi connectivity index (χ0n) is 13.1. The highest BCUT2D eigenvalue weighted by molar-refractivity contribution is 5.40. The van der Waals surface area contributed by atoms with Crippen LogP contribution in [-0.2, 0) is 16.0 Å². The summed E-state index contributed by atoms with van der Waals surface area (Å²) in [7, 11) is 1.69. The average Bonchev–Trinajstić information content (AvgIpc) is 2.52. The lowest BCUT2D eigenvalue weighted by Gasteiger charge is -2.13. The van der Waals surface area contributed by atoms with Crippen molar-refractivity contribution in [2.45, 2.75) is 26.3 Å². The van der Waals surface area contributed by atoms with E-state index in [9.17, 15) is 0 Å². The molecule has 0 unspecified atom stereocenters. The molecule has 0 saturated carbocycles. The molecule has 0 radical (unpaired) electrons. The molecule has 0 atom stereocenters. The molecule has 1 rings (SSSR count). The summed E-state index contributed by atoms with van der Waals surface area (Å²) >= 11 is 0. The van der Waals surface area contributed by atoms with E-state index in [2.05, 4.69) is 6.92 Å². The predicted molar refractivity (Wildman–Crippen MR) is 82.9 cm³/mol. The SMILES string of the molecule is CCCOc1ccc(CN)c(OCCOCCCOC)c1. The van der Waals surface area contributed by atoms with Gasteiger partial charge in [0.25, 0.3) is 0 Å². The van der Waals surface area contributed by atoms with Crippen LogP contribution in [0.25, 0.3) is 0 Å². The molecule has 0 aliphatic carbocycles. The van der Waals surface area contributed by atoms with Crippen LogP contribution in [0, 0.1) is 0 Å². The Labute approximate surface area is 127 Å². The van der Waals surface area contributed by atoms with Crippen LogP contribution < -0.4 is 15.2 Å². The summed E-state index contributed by atoms with van der Waals surface area (Å²) in [5.74, 6) is 1.58. The van der Waals surface area contributed by atoms with Crippen LogP contribution in [0.15, 0.2) is 18.2 Å². The maximum Gasteiger partial charge on any atom is 0.127 e. The Morgan fingerprint density at radius 2 is 1.86 bits per heavy atom. The molecule has 5 heteroatoms. The van der Waals surface area contributed by atoms with E-state index in [-0.39, 0.29) is 0 Å². The summed E-state index contributed by atoms with van der Waals surface area (Å²) in [5, 5.41) is 0. The molecule has 0 fully saturated rings. The number of hydrogen-bond acceptors (Lipinski definition) is 5. The van der Waals surface area contributed by atoms with Gasteiger partial charge in [0, 0.05) is 38.5 Å². The normalized spacial score (nSPS) is 10.6. The van der Waals surface area contributed by atoms with Crippen molar-refractivity contribution in [3.05, 3.63) is 23.8 Å². The van der Waals surface area contributed by atoms with Crippen molar-refractivity contribution in [1.29, 1.82) is 0 Å². The molecule has 2 N–H and O–H groups in total. The zero-order valence-corrected chi connectivity index (χ0v) is 13.1. The van der Waals surface area contributed by atoms with E-state index in [1.807, 2.05) is 18.2 Å². The Hall–Kier alpha value is -1.30. The van der Waals surface area contributed by atoms with Gasteiger partial charge in [0.1, 0.15) is 18.1 Å². The molecule has 0 aromatic heterocycles. The van der Waals surface area contributed by atoms with E-state index in [1.54, 1.807) is 7.11 Å². The first-order chi connectivity index (χ1) is 10.3. The largest absolute Gasteiger partial charge is 0.493 e. The number of ether oxygens (including phenoxy) is 4. The first kappa shape index (κ1) is 17.8. The first-order valence-electron chi connectivity index (χ1n) is 7.47. The monoisotopic (exact) mass is 297 g/mol. The maximum absolute atomic E-state index is 5.74. The summed E-state index contributed by atoms with van der Waals surface area (Å²) in [6, 6.07) is 5.76. The van der Waals surface area contributed by atoms with E-state index < -0.39 is 0 Å². The molecule has 0 aliphatic heterocycles. The average molecular weight is 297 g/mol. The molecule has 0 amide bonds. The predicted octanol–water partition coefficient (Wildman–Crippen LogP) is 2.37. The molecule has 0 heterocycles. The molecular formula is C16H27NO4. The lowest BCUT2D eigenvalue weighted by molar-refractivity contribution is 0.0803. The Morgan fingerprint density at radius 1 is 1.00 bits per heavy atom. The summed E-state index contributed by atoms with van der Waals surface area (Å²) in [6.07, 6.45) is 1.87. The molecule has 1 aromatic rings. The van der Waals surface area contributed by atoms with Gasteiger partial charge in [0.2, 0.25) is 0 Å². The second-order valence-electron chi connectivity index (χ2n) is 4.63. The van der Waals surface area contributed by atoms with E-state index in [1.165, 1.54) is 0 Å². The van der Waals surface area contributed by atoms with Crippen LogP contribution in [0.5, 0.6) is 11.5 Å². The van der Waals surface area contributed by atoms with Crippen molar-refractivity contribution in [3.8, 4) is 11.5 Å². The van der Waals surface area contributed by atoms with Crippen molar-refractivity contribution >= 4 is 0 Å². The third-order valence-electron chi connectivity index (χ3n) is 2.85. The minimum absolute atomic E-state index is 0.443. The Morgan fingerprint density at radius 3 is 2.57 bits per heavy atom. The molecule has 1 aromatic carbocycles. The summed E-state index contributed by atoms with van der Waals surface area (Å²) in [4.78, 5) is 0. The van der Waals surface area contributed by atoms with Crippen molar-refractivity contribution < 1.29 is 18.9 Å². The Kier molecular flexibility index (Phi) is 9.61. The molecule has 120 valence electrons. The van der Waals surface area contributed by atoms with Gasteiger partial charge in [-0.1, -0.05) is 13.0 Å². The van der Waals surface area contributed by atoms with Gasteiger partial charge in [-0.3, -0.25) is 0 Å². The van der Waals surface area contributed by atoms with Gasteiger partial charge >= 0.3 is 0 Å². The molecule has 21 heavy (non-hydrogen) atoms. The molecule has 0 spiro atoms. The quantitative estimate of drug-likeness (QED) is 0.600. The second-order valence-corrected chi connectivity index (χ2v) is 4.63. The fourth-order valence-electron chi connectivity index (χ4n) is 1.77. The number of benzene rings is 1. The smallest absolute Gasteiger partial charge is 0.127 e. The van der Waals surface area contributed by atoms with E-state index >= 15 is 0 Å². The van der Waals surface area contributed by atoms with Gasteiger partial charge in [-0.05, 0) is 18.9 Å². The van der Waals surface area contributed by atoms with Crippen LogP contribution in [0.4, 0.5) is 0 Å². The number of nitrogens with two attached hydrogens (primary N) is 1. The minimum Gasteiger partial charge on any atom is -0.493 e. The topological polar surface area (TPSA) is 62.9 Å². The molecular weight excluding hydrogens is 270 g/mol. The highest BCUT2D eigenvalue weighted by Crippen LogP contribution is 2.24. The van der Waals surface area contributed by atoms with Crippen LogP contribution >= 0.6 is 0 Å². The first-order valence-corrected chi connectivity index (χ1v) is 7.47. The van der Waals surface area contributed by atoms with Crippen molar-refractivity contribution in [1.82, 2.24) is 0 Å². The van der Waals surface area contributed by atoms with E-state index in [0.717, 1.165) is 36.5 Å². The van der Waals surface area contributed by atoms with Crippen molar-refractivity contribution in [2.75, 3.05) is 40.1 Å². The van der Waals surface area contributed by atoms with Gasteiger partial charge in [-0.2, -0.15) is 0 Å². The zero-order chi connectivity index (χ0) is 15.3. The molecule has 5 nitrogen and oxygen atoms in total. The summed E-state index contributed by atoms with van der Waals surface area (Å²) in [5.41, 5.74) is 6.69. The highest BCUT2D eigenvalue weighted by Gasteiger charge is 2.05. The lowest BCUT2D eigenvalue weighted by Crippen LogP contribution is -2.10. The van der Waals surface area contributed by atoms with Crippen LogP contribution in [-0.4, -0.2) is 40.1 Å². The molecule has 0 saturated heterocycles. The van der Waals surface area contributed by atoms with Crippen LogP contribution in [0.1, 0.15) is 25.3 Å². The fourth-order valence-corrected chi connectivity index (χ4v) is 1.77. The van der Waals surface area contributed by atoms with Crippen LogP contribution in [0.3, 0.4) is 0 Å². The fraction of sp³-hybridized carbons (Fsp3) is 0.625. The Bertz CT molecular complexity index is 385. The highest BCUT2D eigenvalue weighted by atomic mass is 16.5. The van der Waals surface area contributed by atoms with Gasteiger partial charge in [-0.15, -0.1) is 0 Å². The van der Waals surface area contributed by atoms with Gasteiger partial charge in [0.05, 0.1) is 13.2 Å². The summed E-state index contributed by atoms with van der Waals surface area (Å²) < 4.78 is 21.8.